The maximum Gasteiger partial charge on any atom is 0.270 e. The second kappa shape index (κ2) is 7.13. The van der Waals surface area contributed by atoms with Gasteiger partial charge in [-0.2, -0.15) is 5.10 Å². The van der Waals surface area contributed by atoms with Crippen molar-refractivity contribution in [3.8, 4) is 16.9 Å². The van der Waals surface area contributed by atoms with Crippen molar-refractivity contribution in [2.75, 3.05) is 6.54 Å². The van der Waals surface area contributed by atoms with Gasteiger partial charge in [0, 0.05) is 12.1 Å². The molecule has 3 rings (SSSR count). The molecule has 1 N–H and O–H groups in total. The summed E-state index contributed by atoms with van der Waals surface area (Å²) >= 11 is 0. The molecule has 0 aliphatic rings. The van der Waals surface area contributed by atoms with Gasteiger partial charge in [-0.3, -0.25) is 4.79 Å². The van der Waals surface area contributed by atoms with E-state index in [-0.39, 0.29) is 5.91 Å². The predicted molar refractivity (Wildman–Crippen MR) is 96.4 cm³/mol. The number of hydrogen-bond acceptors (Lipinski definition) is 2. The minimum Gasteiger partial charge on any atom is -0.351 e. The molecule has 24 heavy (non-hydrogen) atoms. The molecule has 3 aromatic rings. The smallest absolute Gasteiger partial charge is 0.270 e. The van der Waals surface area contributed by atoms with Crippen molar-refractivity contribution in [3.05, 3.63) is 71.9 Å². The van der Waals surface area contributed by atoms with Gasteiger partial charge in [-0.25, -0.2) is 4.68 Å². The highest BCUT2D eigenvalue weighted by Crippen LogP contribution is 2.22. The van der Waals surface area contributed by atoms with Crippen LogP contribution in [0.15, 0.2) is 60.7 Å². The van der Waals surface area contributed by atoms with Gasteiger partial charge in [-0.1, -0.05) is 49.4 Å². The first-order valence-electron chi connectivity index (χ1n) is 8.20. The molecular formula is C20H21N3O. The molecule has 1 heterocycles. The molecular weight excluding hydrogens is 298 g/mol. The standard InChI is InChI=1S/C20H21N3O/c1-3-12-21-20(24)19-14-18(16-9-5-4-6-10-16)22-23(19)17-11-7-8-15(2)13-17/h4-11,13-14H,3,12H2,1-2H3,(H,21,24). The Kier molecular flexibility index (Phi) is 4.75. The van der Waals surface area contributed by atoms with Crippen LogP contribution < -0.4 is 5.32 Å². The monoisotopic (exact) mass is 319 g/mol. The number of amides is 1. The quantitative estimate of drug-likeness (QED) is 0.773. The summed E-state index contributed by atoms with van der Waals surface area (Å²) in [4.78, 5) is 12.6. The van der Waals surface area contributed by atoms with E-state index in [0.717, 1.165) is 28.9 Å². The highest BCUT2D eigenvalue weighted by atomic mass is 16.2. The molecule has 4 heteroatoms. The number of aromatic nitrogens is 2. The molecule has 0 saturated carbocycles. The summed E-state index contributed by atoms with van der Waals surface area (Å²) in [7, 11) is 0. The zero-order valence-electron chi connectivity index (χ0n) is 14.0. The molecule has 0 saturated heterocycles. The van der Waals surface area contributed by atoms with Crippen LogP contribution in [0.1, 0.15) is 29.4 Å². The van der Waals surface area contributed by atoms with E-state index in [1.165, 1.54) is 0 Å². The zero-order chi connectivity index (χ0) is 16.9. The largest absolute Gasteiger partial charge is 0.351 e. The van der Waals surface area contributed by atoms with E-state index < -0.39 is 0 Å². The Labute approximate surface area is 142 Å². The first-order chi connectivity index (χ1) is 11.7. The molecule has 2 aromatic carbocycles. The molecule has 0 unspecified atom stereocenters. The number of carbonyl (C=O) groups is 1. The Morgan fingerprint density at radius 1 is 1.08 bits per heavy atom. The van der Waals surface area contributed by atoms with E-state index in [1.807, 2.05) is 74.5 Å². The summed E-state index contributed by atoms with van der Waals surface area (Å²) in [5.41, 5.74) is 4.35. The first kappa shape index (κ1) is 16.0. The van der Waals surface area contributed by atoms with Crippen LogP contribution in [0.3, 0.4) is 0 Å². The van der Waals surface area contributed by atoms with Crippen LogP contribution in [0.2, 0.25) is 0 Å². The lowest BCUT2D eigenvalue weighted by Gasteiger charge is -2.08. The zero-order valence-corrected chi connectivity index (χ0v) is 14.0. The molecule has 122 valence electrons. The van der Waals surface area contributed by atoms with E-state index in [2.05, 4.69) is 10.4 Å². The number of nitrogens with one attached hydrogen (secondary N) is 1. The first-order valence-corrected chi connectivity index (χ1v) is 8.20. The highest BCUT2D eigenvalue weighted by Gasteiger charge is 2.17. The average Bonchev–Trinajstić information content (AvgIpc) is 3.06. The normalized spacial score (nSPS) is 10.6. The third-order valence-corrected chi connectivity index (χ3v) is 3.79. The Morgan fingerprint density at radius 3 is 2.58 bits per heavy atom. The number of carbonyl (C=O) groups excluding carboxylic acids is 1. The lowest BCUT2D eigenvalue weighted by atomic mass is 10.1. The van der Waals surface area contributed by atoms with E-state index in [9.17, 15) is 4.79 Å². The fourth-order valence-electron chi connectivity index (χ4n) is 2.58. The van der Waals surface area contributed by atoms with Crippen molar-refractivity contribution in [3.63, 3.8) is 0 Å². The molecule has 0 aliphatic heterocycles. The SMILES string of the molecule is CCCNC(=O)c1cc(-c2ccccc2)nn1-c1cccc(C)c1. The molecule has 0 fully saturated rings. The molecule has 1 aromatic heterocycles. The van der Waals surface area contributed by atoms with Crippen LogP contribution in [0.25, 0.3) is 16.9 Å². The fourth-order valence-corrected chi connectivity index (χ4v) is 2.58. The van der Waals surface area contributed by atoms with Crippen LogP contribution in [0.5, 0.6) is 0 Å². The maximum atomic E-state index is 12.6. The molecule has 4 nitrogen and oxygen atoms in total. The number of aryl methyl sites for hydroxylation is 1. The second-order valence-corrected chi connectivity index (χ2v) is 5.79. The van der Waals surface area contributed by atoms with Crippen molar-refractivity contribution in [2.45, 2.75) is 20.3 Å². The predicted octanol–water partition coefficient (Wildman–Crippen LogP) is 3.99. The van der Waals surface area contributed by atoms with Crippen LogP contribution in [-0.2, 0) is 0 Å². The summed E-state index contributed by atoms with van der Waals surface area (Å²) in [6, 6.07) is 19.7. The number of nitrogens with zero attached hydrogens (tertiary/aromatic N) is 2. The third kappa shape index (κ3) is 3.38. The van der Waals surface area contributed by atoms with E-state index in [0.29, 0.717) is 12.2 Å². The van der Waals surface area contributed by atoms with Gasteiger partial charge in [0.1, 0.15) is 5.69 Å². The van der Waals surface area contributed by atoms with Crippen molar-refractivity contribution >= 4 is 5.91 Å². The number of hydrogen-bond donors (Lipinski definition) is 1. The van der Waals surface area contributed by atoms with Gasteiger partial charge in [0.05, 0.1) is 11.4 Å². The van der Waals surface area contributed by atoms with Gasteiger partial charge < -0.3 is 5.32 Å². The molecule has 0 bridgehead atoms. The van der Waals surface area contributed by atoms with Crippen molar-refractivity contribution in [2.24, 2.45) is 0 Å². The topological polar surface area (TPSA) is 46.9 Å². The van der Waals surface area contributed by atoms with Crippen LogP contribution in [0, 0.1) is 6.92 Å². The van der Waals surface area contributed by atoms with E-state index in [1.54, 1.807) is 4.68 Å². The summed E-state index contributed by atoms with van der Waals surface area (Å²) in [5.74, 6) is -0.104. The Balaban J connectivity index is 2.08. The van der Waals surface area contributed by atoms with Crippen LogP contribution >= 0.6 is 0 Å². The maximum absolute atomic E-state index is 12.6. The van der Waals surface area contributed by atoms with Crippen LogP contribution in [-0.4, -0.2) is 22.2 Å². The van der Waals surface area contributed by atoms with Gasteiger partial charge in [0.2, 0.25) is 0 Å². The minimum absolute atomic E-state index is 0.104. The number of rotatable bonds is 5. The third-order valence-electron chi connectivity index (χ3n) is 3.79. The van der Waals surface area contributed by atoms with E-state index >= 15 is 0 Å². The second-order valence-electron chi connectivity index (χ2n) is 5.79. The molecule has 0 radical (unpaired) electrons. The summed E-state index contributed by atoms with van der Waals surface area (Å²) in [6.45, 7) is 4.72. The van der Waals surface area contributed by atoms with E-state index in [4.69, 9.17) is 0 Å². The van der Waals surface area contributed by atoms with Gasteiger partial charge in [0.25, 0.3) is 5.91 Å². The fraction of sp³-hybridized carbons (Fsp3) is 0.200. The van der Waals surface area contributed by atoms with Gasteiger partial charge in [-0.15, -0.1) is 0 Å². The molecule has 0 aliphatic carbocycles. The van der Waals surface area contributed by atoms with Gasteiger partial charge >= 0.3 is 0 Å². The average molecular weight is 319 g/mol. The molecule has 0 spiro atoms. The minimum atomic E-state index is -0.104. The van der Waals surface area contributed by atoms with Crippen molar-refractivity contribution in [1.82, 2.24) is 15.1 Å². The van der Waals surface area contributed by atoms with Gasteiger partial charge in [0.15, 0.2) is 0 Å². The van der Waals surface area contributed by atoms with Crippen LogP contribution in [0.4, 0.5) is 0 Å². The lowest BCUT2D eigenvalue weighted by Crippen LogP contribution is -2.26. The van der Waals surface area contributed by atoms with Crippen molar-refractivity contribution < 1.29 is 4.79 Å². The number of benzene rings is 2. The summed E-state index contributed by atoms with van der Waals surface area (Å²) in [5, 5.41) is 7.62. The Bertz CT molecular complexity index is 837. The van der Waals surface area contributed by atoms with Crippen molar-refractivity contribution in [1.29, 1.82) is 0 Å². The Morgan fingerprint density at radius 2 is 1.88 bits per heavy atom. The highest BCUT2D eigenvalue weighted by molar-refractivity contribution is 5.94. The van der Waals surface area contributed by atoms with Gasteiger partial charge in [-0.05, 0) is 37.1 Å². The summed E-state index contributed by atoms with van der Waals surface area (Å²) in [6.07, 6.45) is 0.899. The Hall–Kier alpha value is -2.88. The summed E-state index contributed by atoms with van der Waals surface area (Å²) < 4.78 is 1.72. The molecule has 1 amide bonds. The lowest BCUT2D eigenvalue weighted by molar-refractivity contribution is 0.0946. The molecule has 0 atom stereocenters.